The summed E-state index contributed by atoms with van der Waals surface area (Å²) in [4.78, 5) is 34.9. The van der Waals surface area contributed by atoms with Gasteiger partial charge in [-0.15, -0.1) is 11.3 Å². The number of Topliss-reactive ketones (excluding diaryl/α,β-unsaturated/α-hetero) is 1. The molecule has 2 aromatic rings. The summed E-state index contributed by atoms with van der Waals surface area (Å²) in [5.41, 5.74) is 1.12. The number of ketones is 1. The normalized spacial score (nSPS) is 22.8. The Morgan fingerprint density at radius 3 is 2.86 bits per heavy atom. The minimum Gasteiger partial charge on any atom is -0.343 e. The molecule has 1 aliphatic heterocycles. The highest BCUT2D eigenvalue weighted by Crippen LogP contribution is 2.48. The number of aromatic amines is 1. The summed E-state index contributed by atoms with van der Waals surface area (Å²) < 4.78 is 0. The second kappa shape index (κ2) is 7.52. The van der Waals surface area contributed by atoms with E-state index in [1.165, 1.54) is 0 Å². The number of nitrogens with zero attached hydrogens (tertiary/aromatic N) is 1. The van der Waals surface area contributed by atoms with Crippen molar-refractivity contribution < 1.29 is 4.79 Å². The van der Waals surface area contributed by atoms with E-state index < -0.39 is 0 Å². The number of hydrogen-bond acceptors (Lipinski definition) is 6. The molecular formula is C21H25N3O2S2. The maximum atomic E-state index is 13.1. The van der Waals surface area contributed by atoms with Crippen molar-refractivity contribution in [2.24, 2.45) is 11.3 Å². The second-order valence-corrected chi connectivity index (χ2v) is 10.2. The Balaban J connectivity index is 1.84. The van der Waals surface area contributed by atoms with E-state index in [-0.39, 0.29) is 28.6 Å². The summed E-state index contributed by atoms with van der Waals surface area (Å²) in [6, 6.07) is 3.98. The monoisotopic (exact) mass is 415 g/mol. The molecule has 28 heavy (non-hydrogen) atoms. The number of fused-ring (bicyclic) bond motifs is 2. The fourth-order valence-electron chi connectivity index (χ4n) is 4.08. The van der Waals surface area contributed by atoms with Gasteiger partial charge in [0.15, 0.2) is 5.16 Å². The predicted octanol–water partition coefficient (Wildman–Crippen LogP) is 4.78. The van der Waals surface area contributed by atoms with Crippen molar-refractivity contribution in [2.45, 2.75) is 51.1 Å². The molecule has 4 rings (SSSR count). The summed E-state index contributed by atoms with van der Waals surface area (Å²) in [6.07, 6.45) is 4.81. The Labute approximate surface area is 173 Å². The van der Waals surface area contributed by atoms with Gasteiger partial charge in [-0.2, -0.15) is 0 Å². The number of allylic oxidation sites excluding steroid dienone is 2. The van der Waals surface area contributed by atoms with Crippen LogP contribution in [0.2, 0.25) is 0 Å². The number of thiophene rings is 1. The van der Waals surface area contributed by atoms with E-state index in [9.17, 15) is 9.59 Å². The van der Waals surface area contributed by atoms with E-state index >= 15 is 0 Å². The Kier molecular flexibility index (Phi) is 5.22. The van der Waals surface area contributed by atoms with Crippen LogP contribution in [0.25, 0.3) is 0 Å². The smallest absolute Gasteiger partial charge is 0.257 e. The quantitative estimate of drug-likeness (QED) is 0.418. The van der Waals surface area contributed by atoms with Crippen molar-refractivity contribution in [1.82, 2.24) is 9.97 Å². The van der Waals surface area contributed by atoms with Crippen LogP contribution in [0, 0.1) is 11.3 Å². The first-order valence-electron chi connectivity index (χ1n) is 9.72. The molecule has 0 fully saturated rings. The topological polar surface area (TPSA) is 74.8 Å². The summed E-state index contributed by atoms with van der Waals surface area (Å²) in [5.74, 6) is 1.07. The van der Waals surface area contributed by atoms with Crippen LogP contribution in [0.4, 0.5) is 5.82 Å². The van der Waals surface area contributed by atoms with E-state index in [1.807, 2.05) is 17.5 Å². The Morgan fingerprint density at radius 2 is 2.14 bits per heavy atom. The zero-order valence-corrected chi connectivity index (χ0v) is 18.0. The molecule has 7 heteroatoms. The minimum absolute atomic E-state index is 0.147. The van der Waals surface area contributed by atoms with Crippen molar-refractivity contribution in [2.75, 3.05) is 11.1 Å². The van der Waals surface area contributed by atoms with Gasteiger partial charge in [0.25, 0.3) is 5.56 Å². The molecule has 0 aromatic carbocycles. The van der Waals surface area contributed by atoms with Crippen molar-refractivity contribution >= 4 is 34.7 Å². The molecule has 0 saturated carbocycles. The third-order valence-electron chi connectivity index (χ3n) is 5.29. The van der Waals surface area contributed by atoms with Crippen molar-refractivity contribution in [3.05, 3.63) is 50.1 Å². The molecule has 2 aliphatic rings. The first kappa shape index (κ1) is 19.5. The third-order valence-corrected chi connectivity index (χ3v) is 7.20. The molecule has 0 radical (unpaired) electrons. The Bertz CT molecular complexity index is 976. The van der Waals surface area contributed by atoms with Gasteiger partial charge in [0.2, 0.25) is 0 Å². The van der Waals surface area contributed by atoms with Crippen LogP contribution in [0.5, 0.6) is 0 Å². The Hall–Kier alpha value is -1.86. The summed E-state index contributed by atoms with van der Waals surface area (Å²) in [7, 11) is 0. The number of nitrogens with one attached hydrogen (secondary N) is 2. The molecule has 2 atom stereocenters. The molecule has 0 bridgehead atoms. The predicted molar refractivity (Wildman–Crippen MR) is 115 cm³/mol. The molecule has 0 unspecified atom stereocenters. The number of rotatable bonds is 5. The van der Waals surface area contributed by atoms with E-state index in [2.05, 4.69) is 37.1 Å². The lowest BCUT2D eigenvalue weighted by Crippen LogP contribution is -2.41. The minimum atomic E-state index is -0.347. The summed E-state index contributed by atoms with van der Waals surface area (Å²) in [6.45, 7) is 6.29. The lowest BCUT2D eigenvalue weighted by molar-refractivity contribution is -0.124. The van der Waals surface area contributed by atoms with Crippen molar-refractivity contribution in [1.29, 1.82) is 0 Å². The zero-order chi connectivity index (χ0) is 19.9. The standard InChI is InChI=1S/C21H25N3O2S2/c1-4-5-8-28-20-23-18-17(19(26)24-20)16(14-7-6-9-27-14)15-12(22-18)10-21(2,3)11-13(15)25/h6-7,9-10,15-16H,4-5,8,11H2,1-3H3,(H2,22,23,24,26)/t15-,16-/m0/s1. The van der Waals surface area contributed by atoms with Crippen molar-refractivity contribution in [3.8, 4) is 0 Å². The lowest BCUT2D eigenvalue weighted by atomic mass is 9.68. The number of carbonyl (C=O) groups excluding carboxylic acids is 1. The third kappa shape index (κ3) is 3.57. The molecule has 2 aromatic heterocycles. The maximum Gasteiger partial charge on any atom is 0.257 e. The van der Waals surface area contributed by atoms with Crippen LogP contribution < -0.4 is 10.9 Å². The summed E-state index contributed by atoms with van der Waals surface area (Å²) in [5, 5.41) is 5.98. The van der Waals surface area contributed by atoms with Gasteiger partial charge in [0, 0.05) is 28.7 Å². The molecular weight excluding hydrogens is 390 g/mol. The lowest BCUT2D eigenvalue weighted by Gasteiger charge is -2.40. The summed E-state index contributed by atoms with van der Waals surface area (Å²) >= 11 is 3.16. The van der Waals surface area contributed by atoms with Crippen LogP contribution in [0.1, 0.15) is 56.4 Å². The number of hydrogen-bond donors (Lipinski definition) is 2. The molecule has 0 spiro atoms. The number of unbranched alkanes of at least 4 members (excludes halogenated alkanes) is 1. The SMILES string of the molecule is CCCCSc1nc2c(c(=O)[nH]1)[C@@H](c1cccs1)[C@@H]1C(=O)CC(C)(C)C=C1N2. The van der Waals surface area contributed by atoms with Crippen LogP contribution >= 0.6 is 23.1 Å². The van der Waals surface area contributed by atoms with Gasteiger partial charge in [0.05, 0.1) is 11.5 Å². The van der Waals surface area contributed by atoms with E-state index in [0.717, 1.165) is 29.2 Å². The molecule has 2 N–H and O–H groups in total. The van der Waals surface area contributed by atoms with Gasteiger partial charge in [-0.1, -0.05) is 51.1 Å². The number of anilines is 1. The molecule has 0 saturated heterocycles. The van der Waals surface area contributed by atoms with Gasteiger partial charge in [-0.25, -0.2) is 4.98 Å². The Morgan fingerprint density at radius 1 is 1.32 bits per heavy atom. The number of aromatic nitrogens is 2. The average molecular weight is 416 g/mol. The van der Waals surface area contributed by atoms with E-state index in [4.69, 9.17) is 4.98 Å². The molecule has 5 nitrogen and oxygen atoms in total. The zero-order valence-electron chi connectivity index (χ0n) is 16.4. The highest BCUT2D eigenvalue weighted by atomic mass is 32.2. The maximum absolute atomic E-state index is 13.1. The van der Waals surface area contributed by atoms with Gasteiger partial charge in [0.1, 0.15) is 11.6 Å². The molecule has 1 aliphatic carbocycles. The molecule has 0 amide bonds. The fourth-order valence-corrected chi connectivity index (χ4v) is 5.90. The number of carbonyl (C=O) groups is 1. The number of H-pyrrole nitrogens is 1. The van der Waals surface area contributed by atoms with Crippen LogP contribution in [0.15, 0.2) is 39.2 Å². The number of thioether (sulfide) groups is 1. The van der Waals surface area contributed by atoms with E-state index in [1.54, 1.807) is 23.1 Å². The van der Waals surface area contributed by atoms with Gasteiger partial charge < -0.3 is 10.3 Å². The van der Waals surface area contributed by atoms with Gasteiger partial charge >= 0.3 is 0 Å². The first-order chi connectivity index (χ1) is 13.4. The van der Waals surface area contributed by atoms with E-state index in [0.29, 0.717) is 23.0 Å². The second-order valence-electron chi connectivity index (χ2n) is 8.16. The molecule has 148 valence electrons. The fraction of sp³-hybridized carbons (Fsp3) is 0.476. The largest absolute Gasteiger partial charge is 0.343 e. The van der Waals surface area contributed by atoms with Gasteiger partial charge in [-0.3, -0.25) is 9.59 Å². The van der Waals surface area contributed by atoms with Crippen LogP contribution in [-0.2, 0) is 4.79 Å². The van der Waals surface area contributed by atoms with Crippen LogP contribution in [0.3, 0.4) is 0 Å². The highest BCUT2D eigenvalue weighted by Gasteiger charge is 2.45. The van der Waals surface area contributed by atoms with Crippen molar-refractivity contribution in [3.63, 3.8) is 0 Å². The average Bonchev–Trinajstić information content (AvgIpc) is 3.13. The first-order valence-corrected chi connectivity index (χ1v) is 11.6. The van der Waals surface area contributed by atoms with Crippen LogP contribution in [-0.4, -0.2) is 21.5 Å². The highest BCUT2D eigenvalue weighted by molar-refractivity contribution is 7.99. The molecule has 3 heterocycles. The van der Waals surface area contributed by atoms with Gasteiger partial charge in [-0.05, 0) is 23.3 Å².